The summed E-state index contributed by atoms with van der Waals surface area (Å²) in [6.45, 7) is 12.7. The van der Waals surface area contributed by atoms with Gasteiger partial charge in [0.1, 0.15) is 0 Å². The summed E-state index contributed by atoms with van der Waals surface area (Å²) >= 11 is 5.96. The van der Waals surface area contributed by atoms with Crippen LogP contribution in [-0.2, 0) is 6.42 Å². The largest absolute Gasteiger partial charge is 0.311 e. The summed E-state index contributed by atoms with van der Waals surface area (Å²) in [6.07, 6.45) is 1.10. The molecular formula is C18H29ClN2. The van der Waals surface area contributed by atoms with Crippen molar-refractivity contribution in [3.63, 3.8) is 0 Å². The summed E-state index contributed by atoms with van der Waals surface area (Å²) in [5.41, 5.74) is 1.38. The quantitative estimate of drug-likeness (QED) is 0.889. The van der Waals surface area contributed by atoms with Gasteiger partial charge in [0.25, 0.3) is 0 Å². The Labute approximate surface area is 134 Å². The number of halogens is 1. The predicted octanol–water partition coefficient (Wildman–Crippen LogP) is 3.84. The highest BCUT2D eigenvalue weighted by atomic mass is 35.5. The normalized spacial score (nSPS) is 24.0. The molecule has 0 aliphatic carbocycles. The van der Waals surface area contributed by atoms with E-state index in [1.165, 1.54) is 5.56 Å². The first-order valence-electron chi connectivity index (χ1n) is 8.19. The van der Waals surface area contributed by atoms with Crippen LogP contribution < -0.4 is 5.32 Å². The third-order valence-electron chi connectivity index (χ3n) is 4.66. The molecule has 118 valence electrons. The topological polar surface area (TPSA) is 15.3 Å². The van der Waals surface area contributed by atoms with E-state index >= 15 is 0 Å². The Morgan fingerprint density at radius 1 is 1.14 bits per heavy atom. The molecule has 1 heterocycles. The minimum Gasteiger partial charge on any atom is -0.311 e. The molecule has 0 spiro atoms. The number of hydrogen-bond acceptors (Lipinski definition) is 2. The highest BCUT2D eigenvalue weighted by Crippen LogP contribution is 2.19. The molecule has 2 unspecified atom stereocenters. The van der Waals surface area contributed by atoms with Crippen LogP contribution in [0.15, 0.2) is 24.3 Å². The molecule has 2 rings (SSSR count). The van der Waals surface area contributed by atoms with Gasteiger partial charge in [-0.05, 0) is 36.0 Å². The maximum atomic E-state index is 5.96. The van der Waals surface area contributed by atoms with Gasteiger partial charge >= 0.3 is 0 Å². The Kier molecular flexibility index (Phi) is 6.09. The summed E-state index contributed by atoms with van der Waals surface area (Å²) in [7, 11) is 0. The van der Waals surface area contributed by atoms with E-state index in [9.17, 15) is 0 Å². The molecule has 1 saturated heterocycles. The zero-order chi connectivity index (χ0) is 15.4. The van der Waals surface area contributed by atoms with Crippen LogP contribution in [0.4, 0.5) is 0 Å². The van der Waals surface area contributed by atoms with Crippen LogP contribution in [0.5, 0.6) is 0 Å². The molecule has 1 N–H and O–H groups in total. The second-order valence-corrected chi connectivity index (χ2v) is 7.38. The number of nitrogens with one attached hydrogen (secondary N) is 1. The predicted molar refractivity (Wildman–Crippen MR) is 92.0 cm³/mol. The molecule has 1 aliphatic heterocycles. The lowest BCUT2D eigenvalue weighted by atomic mass is 9.94. The molecule has 0 bridgehead atoms. The molecule has 1 aliphatic rings. The molecule has 3 heteroatoms. The summed E-state index contributed by atoms with van der Waals surface area (Å²) < 4.78 is 0. The van der Waals surface area contributed by atoms with Gasteiger partial charge in [0, 0.05) is 36.7 Å². The van der Waals surface area contributed by atoms with Crippen LogP contribution in [0.1, 0.15) is 33.3 Å². The maximum Gasteiger partial charge on any atom is 0.0406 e. The fraction of sp³-hybridized carbons (Fsp3) is 0.667. The summed E-state index contributed by atoms with van der Waals surface area (Å²) in [6, 6.07) is 9.54. The molecule has 0 radical (unpaired) electrons. The van der Waals surface area contributed by atoms with Crippen LogP contribution in [-0.4, -0.2) is 36.6 Å². The van der Waals surface area contributed by atoms with E-state index < -0.39 is 0 Å². The van der Waals surface area contributed by atoms with E-state index in [1.807, 2.05) is 12.1 Å². The van der Waals surface area contributed by atoms with Gasteiger partial charge in [-0.3, -0.25) is 4.90 Å². The van der Waals surface area contributed by atoms with Gasteiger partial charge in [0.15, 0.2) is 0 Å². The third-order valence-corrected chi connectivity index (χ3v) is 4.92. The molecule has 1 aromatic carbocycles. The lowest BCUT2D eigenvalue weighted by Crippen LogP contribution is -2.59. The Hall–Kier alpha value is -0.570. The lowest BCUT2D eigenvalue weighted by molar-refractivity contribution is 0.0864. The number of nitrogens with zero attached hydrogens (tertiary/aromatic N) is 1. The van der Waals surface area contributed by atoms with Crippen molar-refractivity contribution in [2.75, 3.05) is 19.6 Å². The summed E-state index contributed by atoms with van der Waals surface area (Å²) in [5, 5.41) is 4.55. The molecule has 1 fully saturated rings. The molecule has 21 heavy (non-hydrogen) atoms. The van der Waals surface area contributed by atoms with Crippen molar-refractivity contribution in [3.05, 3.63) is 34.9 Å². The third kappa shape index (κ3) is 4.70. The fourth-order valence-electron chi connectivity index (χ4n) is 3.14. The van der Waals surface area contributed by atoms with Gasteiger partial charge in [-0.25, -0.2) is 0 Å². The Balaban J connectivity index is 1.97. The molecule has 1 aromatic rings. The number of rotatable bonds is 5. The second kappa shape index (κ2) is 7.62. The van der Waals surface area contributed by atoms with E-state index in [0.29, 0.717) is 23.9 Å². The molecule has 2 atom stereocenters. The molecule has 0 amide bonds. The minimum absolute atomic E-state index is 0.616. The van der Waals surface area contributed by atoms with E-state index in [4.69, 9.17) is 11.6 Å². The highest BCUT2D eigenvalue weighted by molar-refractivity contribution is 6.30. The maximum absolute atomic E-state index is 5.96. The van der Waals surface area contributed by atoms with Gasteiger partial charge in [0.05, 0.1) is 0 Å². The van der Waals surface area contributed by atoms with Crippen LogP contribution in [0.3, 0.4) is 0 Å². The van der Waals surface area contributed by atoms with Crippen molar-refractivity contribution < 1.29 is 0 Å². The van der Waals surface area contributed by atoms with Crippen molar-refractivity contribution in [1.29, 1.82) is 0 Å². The van der Waals surface area contributed by atoms with Crippen molar-refractivity contribution >= 4 is 11.6 Å². The van der Waals surface area contributed by atoms with Crippen molar-refractivity contribution in [2.24, 2.45) is 11.8 Å². The number of benzene rings is 1. The van der Waals surface area contributed by atoms with E-state index in [1.54, 1.807) is 0 Å². The second-order valence-electron chi connectivity index (χ2n) is 6.94. The first-order chi connectivity index (χ1) is 9.97. The van der Waals surface area contributed by atoms with Gasteiger partial charge in [-0.2, -0.15) is 0 Å². The van der Waals surface area contributed by atoms with E-state index in [-0.39, 0.29) is 0 Å². The van der Waals surface area contributed by atoms with Crippen LogP contribution in [0, 0.1) is 11.8 Å². The highest BCUT2D eigenvalue weighted by Gasteiger charge is 2.30. The Bertz CT molecular complexity index is 427. The van der Waals surface area contributed by atoms with Gasteiger partial charge in [-0.1, -0.05) is 51.4 Å². The summed E-state index contributed by atoms with van der Waals surface area (Å²) in [5.74, 6) is 1.38. The molecule has 0 saturated carbocycles. The van der Waals surface area contributed by atoms with Crippen LogP contribution in [0.2, 0.25) is 5.02 Å². The molecule has 0 aromatic heterocycles. The van der Waals surface area contributed by atoms with E-state index in [0.717, 1.165) is 31.1 Å². The van der Waals surface area contributed by atoms with Gasteiger partial charge in [-0.15, -0.1) is 0 Å². The Morgan fingerprint density at radius 3 is 2.38 bits per heavy atom. The number of piperazine rings is 1. The number of hydrogen-bond donors (Lipinski definition) is 1. The molecular weight excluding hydrogens is 280 g/mol. The standard InChI is InChI=1S/C18H29ClN2/c1-13(2)17-12-21(18(11-20-17)14(3)4)10-9-15-5-7-16(19)8-6-15/h5-8,13-14,17-18,20H,9-12H2,1-4H3. The van der Waals surface area contributed by atoms with Gasteiger partial charge < -0.3 is 5.32 Å². The molecule has 2 nitrogen and oxygen atoms in total. The monoisotopic (exact) mass is 308 g/mol. The smallest absolute Gasteiger partial charge is 0.0406 e. The summed E-state index contributed by atoms with van der Waals surface area (Å²) in [4.78, 5) is 2.68. The zero-order valence-electron chi connectivity index (χ0n) is 13.8. The first kappa shape index (κ1) is 16.8. The van der Waals surface area contributed by atoms with Crippen LogP contribution in [0.25, 0.3) is 0 Å². The van der Waals surface area contributed by atoms with Crippen LogP contribution >= 0.6 is 11.6 Å². The zero-order valence-corrected chi connectivity index (χ0v) is 14.5. The van der Waals surface area contributed by atoms with Gasteiger partial charge in [0.2, 0.25) is 0 Å². The van der Waals surface area contributed by atoms with Crippen molar-refractivity contribution in [2.45, 2.75) is 46.2 Å². The van der Waals surface area contributed by atoms with Crippen molar-refractivity contribution in [3.8, 4) is 0 Å². The van der Waals surface area contributed by atoms with Crippen molar-refractivity contribution in [1.82, 2.24) is 10.2 Å². The average Bonchev–Trinajstić information content (AvgIpc) is 2.46. The Morgan fingerprint density at radius 2 is 1.81 bits per heavy atom. The lowest BCUT2D eigenvalue weighted by Gasteiger charge is -2.43. The average molecular weight is 309 g/mol. The minimum atomic E-state index is 0.616. The fourth-order valence-corrected chi connectivity index (χ4v) is 3.26. The first-order valence-corrected chi connectivity index (χ1v) is 8.57. The SMILES string of the molecule is CC(C)C1CN(CCc2ccc(Cl)cc2)C(C(C)C)CN1. The van der Waals surface area contributed by atoms with E-state index in [2.05, 4.69) is 50.0 Å².